The molecule has 80 valence electrons. The molecule has 1 heterocycles. The van der Waals surface area contributed by atoms with Gasteiger partial charge in [0.2, 0.25) is 0 Å². The molecule has 1 aromatic heterocycles. The molecule has 0 spiro atoms. The van der Waals surface area contributed by atoms with Crippen LogP contribution in [0, 0.1) is 0 Å². The number of hydrogen-bond donors (Lipinski definition) is 0. The topological polar surface area (TPSA) is 47.3 Å². The highest BCUT2D eigenvalue weighted by atomic mass is 16.4. The Hall–Kier alpha value is -2.16. The fourth-order valence-corrected chi connectivity index (χ4v) is 1.43. The van der Waals surface area contributed by atoms with E-state index in [0.29, 0.717) is 5.76 Å². The van der Waals surface area contributed by atoms with Crippen LogP contribution < -0.4 is 5.63 Å². The van der Waals surface area contributed by atoms with E-state index in [4.69, 9.17) is 4.42 Å². The molecule has 0 aliphatic rings. The lowest BCUT2D eigenvalue weighted by Crippen LogP contribution is -2.11. The number of Topliss-reactive ketones (excluding diaryl/α,β-unsaturated/α-hetero) is 1. The van der Waals surface area contributed by atoms with Crippen LogP contribution >= 0.6 is 0 Å². The first-order chi connectivity index (χ1) is 7.68. The van der Waals surface area contributed by atoms with Crippen molar-refractivity contribution in [2.75, 3.05) is 0 Å². The number of rotatable bonds is 2. The smallest absolute Gasteiger partial charge is 0.347 e. The van der Waals surface area contributed by atoms with Crippen LogP contribution in [0.5, 0.6) is 0 Å². The Morgan fingerprint density at radius 3 is 2.31 bits per heavy atom. The van der Waals surface area contributed by atoms with Gasteiger partial charge in [0, 0.05) is 5.56 Å². The van der Waals surface area contributed by atoms with Gasteiger partial charge in [-0.15, -0.1) is 0 Å². The van der Waals surface area contributed by atoms with Crippen molar-refractivity contribution in [1.82, 2.24) is 0 Å². The van der Waals surface area contributed by atoms with E-state index in [0.717, 1.165) is 5.56 Å². The molecular formula is C13H10O3. The monoisotopic (exact) mass is 214 g/mol. The summed E-state index contributed by atoms with van der Waals surface area (Å²) in [6.07, 6.45) is 0. The molecule has 16 heavy (non-hydrogen) atoms. The van der Waals surface area contributed by atoms with Gasteiger partial charge in [-0.1, -0.05) is 30.3 Å². The van der Waals surface area contributed by atoms with Crippen LogP contribution in [0.2, 0.25) is 0 Å². The minimum atomic E-state index is -0.589. The number of benzene rings is 1. The van der Waals surface area contributed by atoms with E-state index >= 15 is 0 Å². The molecule has 0 unspecified atom stereocenters. The maximum Gasteiger partial charge on any atom is 0.347 e. The van der Waals surface area contributed by atoms with Crippen LogP contribution in [-0.4, -0.2) is 5.78 Å². The quantitative estimate of drug-likeness (QED) is 0.721. The van der Waals surface area contributed by atoms with Gasteiger partial charge in [0.25, 0.3) is 0 Å². The first-order valence-corrected chi connectivity index (χ1v) is 4.89. The zero-order valence-electron chi connectivity index (χ0n) is 8.77. The van der Waals surface area contributed by atoms with Crippen LogP contribution in [0.3, 0.4) is 0 Å². The normalized spacial score (nSPS) is 10.1. The fraction of sp³-hybridized carbons (Fsp3) is 0.0769. The zero-order valence-corrected chi connectivity index (χ0v) is 8.77. The van der Waals surface area contributed by atoms with Gasteiger partial charge in [-0.25, -0.2) is 4.79 Å². The molecule has 2 rings (SSSR count). The van der Waals surface area contributed by atoms with Gasteiger partial charge in [-0.2, -0.15) is 0 Å². The van der Waals surface area contributed by atoms with Gasteiger partial charge in [0.05, 0.1) is 0 Å². The average molecular weight is 214 g/mol. The maximum absolute atomic E-state index is 11.5. The van der Waals surface area contributed by atoms with Gasteiger partial charge in [-0.3, -0.25) is 4.79 Å². The third-order valence-electron chi connectivity index (χ3n) is 2.26. The summed E-state index contributed by atoms with van der Waals surface area (Å²) < 4.78 is 5.08. The summed E-state index contributed by atoms with van der Waals surface area (Å²) in [5, 5.41) is 0. The third-order valence-corrected chi connectivity index (χ3v) is 2.26. The predicted octanol–water partition coefficient (Wildman–Crippen LogP) is 2.51. The Kier molecular flexibility index (Phi) is 2.68. The van der Waals surface area contributed by atoms with Crippen LogP contribution in [0.15, 0.2) is 51.7 Å². The molecular weight excluding hydrogens is 204 g/mol. The molecule has 0 atom stereocenters. The molecule has 0 radical (unpaired) electrons. The summed E-state index contributed by atoms with van der Waals surface area (Å²) in [4.78, 5) is 22.5. The summed E-state index contributed by atoms with van der Waals surface area (Å²) in [5.41, 5.74) is 0.309. The van der Waals surface area contributed by atoms with Crippen molar-refractivity contribution in [2.24, 2.45) is 0 Å². The van der Waals surface area contributed by atoms with E-state index in [9.17, 15) is 9.59 Å². The summed E-state index contributed by atoms with van der Waals surface area (Å²) in [5.74, 6) is 0.184. The molecule has 0 aliphatic heterocycles. The predicted molar refractivity (Wildman–Crippen MR) is 60.4 cm³/mol. The summed E-state index contributed by atoms with van der Waals surface area (Å²) in [6.45, 7) is 1.34. The second-order valence-corrected chi connectivity index (χ2v) is 3.42. The Bertz CT molecular complexity index is 567. The van der Waals surface area contributed by atoms with E-state index in [1.54, 1.807) is 6.07 Å². The number of ketones is 1. The van der Waals surface area contributed by atoms with E-state index in [-0.39, 0.29) is 11.3 Å². The molecule has 0 fully saturated rings. The lowest BCUT2D eigenvalue weighted by molar-refractivity contribution is 0.101. The van der Waals surface area contributed by atoms with Crippen LogP contribution in [0.1, 0.15) is 17.3 Å². The first kappa shape index (κ1) is 10.4. The Balaban J connectivity index is 2.51. The molecule has 0 N–H and O–H groups in total. The van der Waals surface area contributed by atoms with Gasteiger partial charge < -0.3 is 4.42 Å². The summed E-state index contributed by atoms with van der Waals surface area (Å²) >= 11 is 0. The van der Waals surface area contributed by atoms with E-state index < -0.39 is 5.63 Å². The molecule has 0 saturated heterocycles. The SMILES string of the molecule is CC(=O)c1ccc(-c2ccccc2)oc1=O. The largest absolute Gasteiger partial charge is 0.422 e. The molecule has 0 bridgehead atoms. The van der Waals surface area contributed by atoms with Crippen molar-refractivity contribution in [2.45, 2.75) is 6.92 Å². The van der Waals surface area contributed by atoms with Gasteiger partial charge in [0.15, 0.2) is 5.78 Å². The van der Waals surface area contributed by atoms with Crippen LogP contribution in [0.4, 0.5) is 0 Å². The Morgan fingerprint density at radius 2 is 1.75 bits per heavy atom. The molecule has 2 aromatic rings. The second-order valence-electron chi connectivity index (χ2n) is 3.42. The molecule has 3 heteroatoms. The number of carbonyl (C=O) groups excluding carboxylic acids is 1. The summed E-state index contributed by atoms with van der Waals surface area (Å²) in [6, 6.07) is 12.4. The fourth-order valence-electron chi connectivity index (χ4n) is 1.43. The zero-order chi connectivity index (χ0) is 11.5. The van der Waals surface area contributed by atoms with Gasteiger partial charge in [0.1, 0.15) is 11.3 Å². The minimum Gasteiger partial charge on any atom is -0.422 e. The molecule has 1 aromatic carbocycles. The average Bonchev–Trinajstić information content (AvgIpc) is 2.29. The van der Waals surface area contributed by atoms with Crippen LogP contribution in [0.25, 0.3) is 11.3 Å². The number of hydrogen-bond acceptors (Lipinski definition) is 3. The third kappa shape index (κ3) is 1.93. The summed E-state index contributed by atoms with van der Waals surface area (Å²) in [7, 11) is 0. The highest BCUT2D eigenvalue weighted by Crippen LogP contribution is 2.17. The van der Waals surface area contributed by atoms with Crippen molar-refractivity contribution >= 4 is 5.78 Å². The molecule has 3 nitrogen and oxygen atoms in total. The van der Waals surface area contributed by atoms with Crippen molar-refractivity contribution in [3.05, 3.63) is 58.4 Å². The Labute approximate surface area is 92.3 Å². The lowest BCUT2D eigenvalue weighted by Gasteiger charge is -2.00. The van der Waals surface area contributed by atoms with Crippen molar-refractivity contribution in [1.29, 1.82) is 0 Å². The van der Waals surface area contributed by atoms with Crippen molar-refractivity contribution in [3.63, 3.8) is 0 Å². The minimum absolute atomic E-state index is 0.0830. The molecule has 0 amide bonds. The lowest BCUT2D eigenvalue weighted by atomic mass is 10.1. The highest BCUT2D eigenvalue weighted by Gasteiger charge is 2.08. The molecule has 0 aliphatic carbocycles. The maximum atomic E-state index is 11.5. The van der Waals surface area contributed by atoms with E-state index in [1.807, 2.05) is 30.3 Å². The van der Waals surface area contributed by atoms with Gasteiger partial charge in [-0.05, 0) is 19.1 Å². The second kappa shape index (κ2) is 4.14. The first-order valence-electron chi connectivity index (χ1n) is 4.89. The van der Waals surface area contributed by atoms with E-state index in [2.05, 4.69) is 0 Å². The van der Waals surface area contributed by atoms with Crippen molar-refractivity contribution < 1.29 is 9.21 Å². The van der Waals surface area contributed by atoms with E-state index in [1.165, 1.54) is 13.0 Å². The Morgan fingerprint density at radius 1 is 1.06 bits per heavy atom. The molecule has 0 saturated carbocycles. The van der Waals surface area contributed by atoms with Crippen LogP contribution in [-0.2, 0) is 0 Å². The van der Waals surface area contributed by atoms with Gasteiger partial charge >= 0.3 is 5.63 Å². The highest BCUT2D eigenvalue weighted by molar-refractivity contribution is 5.93. The standard InChI is InChI=1S/C13H10O3/c1-9(14)11-7-8-12(16-13(11)15)10-5-3-2-4-6-10/h2-8H,1H3. The van der Waals surface area contributed by atoms with Crippen molar-refractivity contribution in [3.8, 4) is 11.3 Å². The number of carbonyl (C=O) groups is 1.